The van der Waals surface area contributed by atoms with Gasteiger partial charge in [0.2, 0.25) is 0 Å². The number of nitrogens with one attached hydrogen (secondary N) is 1. The summed E-state index contributed by atoms with van der Waals surface area (Å²) in [7, 11) is 0. The quantitative estimate of drug-likeness (QED) is 0.421. The highest BCUT2D eigenvalue weighted by Gasteiger charge is 2.34. The molecule has 0 saturated carbocycles. The number of hydrogen-bond donors (Lipinski definition) is 2. The molecule has 0 fully saturated rings. The van der Waals surface area contributed by atoms with Gasteiger partial charge in [0.15, 0.2) is 0 Å². The Hall–Kier alpha value is -1.38. The van der Waals surface area contributed by atoms with Crippen molar-refractivity contribution in [3.8, 4) is 0 Å². The smallest absolute Gasteiger partial charge is 0.311 e. The average Bonchev–Trinajstić information content (AvgIpc) is 2.41. The first kappa shape index (κ1) is 16.7. The Bertz CT molecular complexity index is 515. The zero-order valence-electron chi connectivity index (χ0n) is 11.4. The van der Waals surface area contributed by atoms with Gasteiger partial charge in [0.1, 0.15) is 0 Å². The maximum Gasteiger partial charge on any atom is 0.311 e. The number of nitrogens with zero attached hydrogens (tertiary/aromatic N) is 1. The minimum atomic E-state index is -0.827. The van der Waals surface area contributed by atoms with Crippen LogP contribution < -0.4 is 5.32 Å². The molecule has 6 nitrogen and oxygen atoms in total. The van der Waals surface area contributed by atoms with Crippen LogP contribution in [0.2, 0.25) is 0 Å². The van der Waals surface area contributed by atoms with Crippen molar-refractivity contribution in [1.82, 2.24) is 0 Å². The number of carbonyl (C=O) groups is 1. The van der Waals surface area contributed by atoms with E-state index in [1.165, 1.54) is 12.1 Å². The second-order valence-electron chi connectivity index (χ2n) is 4.57. The highest BCUT2D eigenvalue weighted by Crippen LogP contribution is 2.29. The minimum Gasteiger partial charge on any atom is -0.481 e. The van der Waals surface area contributed by atoms with Crippen LogP contribution in [0.4, 0.5) is 11.4 Å². The van der Waals surface area contributed by atoms with E-state index in [0.717, 1.165) is 0 Å². The Kier molecular flexibility index (Phi) is 5.73. The Labute approximate surface area is 130 Å². The number of anilines is 1. The first-order chi connectivity index (χ1) is 9.36. The predicted octanol–water partition coefficient (Wildman–Crippen LogP) is 3.50. The molecule has 0 aliphatic rings. The molecule has 0 aliphatic carbocycles. The van der Waals surface area contributed by atoms with Gasteiger partial charge in [-0.15, -0.1) is 0 Å². The van der Waals surface area contributed by atoms with E-state index in [2.05, 4.69) is 5.32 Å². The van der Waals surface area contributed by atoms with Crippen molar-refractivity contribution < 1.29 is 14.8 Å². The Morgan fingerprint density at radius 2 is 2.05 bits per heavy atom. The number of carboxylic acids is 1. The van der Waals surface area contributed by atoms with E-state index in [0.29, 0.717) is 28.6 Å². The molecule has 1 aromatic carbocycles. The summed E-state index contributed by atoms with van der Waals surface area (Å²) in [6, 6.07) is 4.48. The molecule has 0 heterocycles. The molecule has 0 atom stereocenters. The number of nitro benzene ring substituents is 1. The molecule has 0 unspecified atom stereocenters. The largest absolute Gasteiger partial charge is 0.481 e. The van der Waals surface area contributed by atoms with Crippen molar-refractivity contribution in [3.05, 3.63) is 31.9 Å². The van der Waals surface area contributed by atoms with Gasteiger partial charge in [-0.25, -0.2) is 0 Å². The molecule has 0 aromatic heterocycles. The average molecular weight is 392 g/mol. The van der Waals surface area contributed by atoms with Crippen LogP contribution in [0.25, 0.3) is 0 Å². The van der Waals surface area contributed by atoms with Gasteiger partial charge < -0.3 is 10.4 Å². The van der Waals surface area contributed by atoms with Crippen molar-refractivity contribution in [2.24, 2.45) is 5.41 Å². The lowest BCUT2D eigenvalue weighted by Gasteiger charge is -2.27. The van der Waals surface area contributed by atoms with E-state index in [1.54, 1.807) is 6.07 Å². The summed E-state index contributed by atoms with van der Waals surface area (Å²) in [4.78, 5) is 21.6. The normalized spacial score (nSPS) is 11.2. The second-order valence-corrected chi connectivity index (χ2v) is 5.73. The molecule has 110 valence electrons. The molecule has 2 N–H and O–H groups in total. The summed E-state index contributed by atoms with van der Waals surface area (Å²) in [5.74, 6) is -0.827. The van der Waals surface area contributed by atoms with Gasteiger partial charge in [0, 0.05) is 27.9 Å². The number of carboxylic acid groups (broad SMARTS) is 1. The predicted molar refractivity (Wildman–Crippen MR) is 85.0 cm³/mol. The number of hydrogen-bond acceptors (Lipinski definition) is 4. The first-order valence-corrected chi connectivity index (χ1v) is 7.35. The van der Waals surface area contributed by atoms with Crippen LogP contribution in [-0.2, 0) is 4.79 Å². The van der Waals surface area contributed by atoms with Crippen LogP contribution in [0.15, 0.2) is 18.2 Å². The molecule has 0 radical (unpaired) electrons. The van der Waals surface area contributed by atoms with Crippen LogP contribution in [0.3, 0.4) is 0 Å². The highest BCUT2D eigenvalue weighted by atomic mass is 127. The van der Waals surface area contributed by atoms with Crippen LogP contribution in [0.1, 0.15) is 26.7 Å². The highest BCUT2D eigenvalue weighted by molar-refractivity contribution is 14.1. The molecule has 0 saturated heterocycles. The molecule has 1 rings (SSSR count). The molecule has 20 heavy (non-hydrogen) atoms. The fraction of sp³-hybridized carbons (Fsp3) is 0.462. The number of non-ortho nitro benzene ring substituents is 1. The minimum absolute atomic E-state index is 0.0235. The van der Waals surface area contributed by atoms with Crippen LogP contribution in [0, 0.1) is 19.1 Å². The van der Waals surface area contributed by atoms with Gasteiger partial charge in [-0.3, -0.25) is 14.9 Å². The molecular weight excluding hydrogens is 375 g/mol. The molecule has 0 bridgehead atoms. The number of nitro groups is 1. The van der Waals surface area contributed by atoms with Crippen molar-refractivity contribution >= 4 is 39.9 Å². The second kappa shape index (κ2) is 6.87. The van der Waals surface area contributed by atoms with E-state index in [1.807, 2.05) is 36.4 Å². The molecule has 1 aromatic rings. The van der Waals surface area contributed by atoms with Gasteiger partial charge in [-0.1, -0.05) is 13.8 Å². The van der Waals surface area contributed by atoms with E-state index < -0.39 is 16.3 Å². The van der Waals surface area contributed by atoms with E-state index >= 15 is 0 Å². The molecule has 0 aliphatic heterocycles. The SMILES string of the molecule is CCC(CC)(CNc1ccc([N+](=O)[O-])cc1I)C(=O)O. The molecule has 7 heteroatoms. The fourth-order valence-electron chi connectivity index (χ4n) is 1.90. The van der Waals surface area contributed by atoms with Crippen molar-refractivity contribution in [2.45, 2.75) is 26.7 Å². The third kappa shape index (κ3) is 3.59. The van der Waals surface area contributed by atoms with Crippen LogP contribution in [0.5, 0.6) is 0 Å². The monoisotopic (exact) mass is 392 g/mol. The van der Waals surface area contributed by atoms with Gasteiger partial charge in [0.05, 0.1) is 10.3 Å². The summed E-state index contributed by atoms with van der Waals surface area (Å²) in [6.07, 6.45) is 1.05. The third-order valence-corrected chi connectivity index (χ3v) is 4.48. The van der Waals surface area contributed by atoms with Gasteiger partial charge in [-0.2, -0.15) is 0 Å². The summed E-state index contributed by atoms with van der Waals surface area (Å²) >= 11 is 2.00. The third-order valence-electron chi connectivity index (χ3n) is 3.59. The van der Waals surface area contributed by atoms with Crippen molar-refractivity contribution in [2.75, 3.05) is 11.9 Å². The lowest BCUT2D eigenvalue weighted by atomic mass is 9.82. The van der Waals surface area contributed by atoms with Crippen molar-refractivity contribution in [3.63, 3.8) is 0 Å². The van der Waals surface area contributed by atoms with Gasteiger partial charge in [0.25, 0.3) is 5.69 Å². The molecule has 0 amide bonds. The topological polar surface area (TPSA) is 92.5 Å². The molecule has 0 spiro atoms. The Morgan fingerprint density at radius 1 is 1.45 bits per heavy atom. The van der Waals surface area contributed by atoms with Crippen LogP contribution >= 0.6 is 22.6 Å². The van der Waals surface area contributed by atoms with Gasteiger partial charge in [-0.05, 0) is 41.5 Å². The van der Waals surface area contributed by atoms with E-state index in [-0.39, 0.29) is 5.69 Å². The number of aliphatic carboxylic acids is 1. The zero-order chi connectivity index (χ0) is 15.3. The summed E-state index contributed by atoms with van der Waals surface area (Å²) in [5, 5.41) is 23.1. The number of halogens is 1. The van der Waals surface area contributed by atoms with E-state index in [9.17, 15) is 20.0 Å². The standard InChI is InChI=1S/C13H17IN2O4/c1-3-13(4-2,12(17)18)8-15-11-6-5-9(16(19)20)7-10(11)14/h5-7,15H,3-4,8H2,1-2H3,(H,17,18). The van der Waals surface area contributed by atoms with Gasteiger partial charge >= 0.3 is 5.97 Å². The zero-order valence-corrected chi connectivity index (χ0v) is 13.5. The maximum atomic E-state index is 11.4. The Balaban J connectivity index is 2.89. The summed E-state index contributed by atoms with van der Waals surface area (Å²) in [6.45, 7) is 3.99. The number of rotatable bonds is 7. The molecular formula is C13H17IN2O4. The van der Waals surface area contributed by atoms with Crippen LogP contribution in [-0.4, -0.2) is 22.5 Å². The first-order valence-electron chi connectivity index (χ1n) is 6.27. The van der Waals surface area contributed by atoms with Crippen molar-refractivity contribution in [1.29, 1.82) is 0 Å². The fourth-order valence-corrected chi connectivity index (χ4v) is 2.59. The van der Waals surface area contributed by atoms with E-state index in [4.69, 9.17) is 0 Å². The Morgan fingerprint density at radius 3 is 2.45 bits per heavy atom. The summed E-state index contributed by atoms with van der Waals surface area (Å²) in [5.41, 5.74) is -0.0793. The lowest BCUT2D eigenvalue weighted by molar-refractivity contribution is -0.384. The summed E-state index contributed by atoms with van der Waals surface area (Å²) < 4.78 is 0.697. The lowest BCUT2D eigenvalue weighted by Crippen LogP contribution is -2.37. The number of benzene rings is 1. The maximum absolute atomic E-state index is 11.4.